The van der Waals surface area contributed by atoms with Gasteiger partial charge in [-0.05, 0) is 18.2 Å². The van der Waals surface area contributed by atoms with Crippen LogP contribution in [0.25, 0.3) is 0 Å². The Bertz CT molecular complexity index is 547. The van der Waals surface area contributed by atoms with Crippen LogP contribution in [0.2, 0.25) is 0 Å². The molecule has 106 valence electrons. The molecule has 0 saturated heterocycles. The Labute approximate surface area is 116 Å². The summed E-state index contributed by atoms with van der Waals surface area (Å²) < 4.78 is 10.2. The second-order valence-corrected chi connectivity index (χ2v) is 3.83. The van der Waals surface area contributed by atoms with Crippen molar-refractivity contribution in [2.45, 2.75) is 0 Å². The number of nitrogens with zero attached hydrogens (tertiary/aromatic N) is 1. The first-order valence-electron chi connectivity index (χ1n) is 5.70. The molecule has 0 bridgehead atoms. The maximum absolute atomic E-state index is 12.2. The van der Waals surface area contributed by atoms with Gasteiger partial charge >= 0.3 is 5.97 Å². The molecule has 1 amide bonds. The highest BCUT2D eigenvalue weighted by molar-refractivity contribution is 5.96. The van der Waals surface area contributed by atoms with E-state index in [9.17, 15) is 9.59 Å². The van der Waals surface area contributed by atoms with Crippen molar-refractivity contribution < 1.29 is 24.2 Å². The highest BCUT2D eigenvalue weighted by Crippen LogP contribution is 2.27. The summed E-state index contributed by atoms with van der Waals surface area (Å²) >= 11 is 0. The van der Waals surface area contributed by atoms with Crippen molar-refractivity contribution in [1.29, 1.82) is 0 Å². The second kappa shape index (κ2) is 7.04. The highest BCUT2D eigenvalue weighted by atomic mass is 16.5. The van der Waals surface area contributed by atoms with Gasteiger partial charge in [-0.15, -0.1) is 6.42 Å². The van der Waals surface area contributed by atoms with Crippen molar-refractivity contribution in [3.63, 3.8) is 0 Å². The molecular weight excluding hydrogens is 262 g/mol. The van der Waals surface area contributed by atoms with Gasteiger partial charge in [0.1, 0.15) is 6.54 Å². The van der Waals surface area contributed by atoms with Gasteiger partial charge in [0.25, 0.3) is 5.91 Å². The third-order valence-corrected chi connectivity index (χ3v) is 2.53. The number of aliphatic carboxylic acids is 1. The number of carboxylic acids is 1. The van der Waals surface area contributed by atoms with E-state index in [1.807, 2.05) is 0 Å². The average molecular weight is 277 g/mol. The smallest absolute Gasteiger partial charge is 0.323 e. The van der Waals surface area contributed by atoms with Crippen molar-refractivity contribution in [3.8, 4) is 23.8 Å². The Kier molecular flexibility index (Phi) is 5.42. The van der Waals surface area contributed by atoms with Gasteiger partial charge in [-0.2, -0.15) is 0 Å². The summed E-state index contributed by atoms with van der Waals surface area (Å²) in [6.45, 7) is -0.545. The molecule has 0 atom stereocenters. The fourth-order valence-electron chi connectivity index (χ4n) is 1.62. The van der Waals surface area contributed by atoms with Gasteiger partial charge in [0.2, 0.25) is 0 Å². The summed E-state index contributed by atoms with van der Waals surface area (Å²) in [6.07, 6.45) is 5.14. The molecule has 0 spiro atoms. The molecule has 6 nitrogen and oxygen atoms in total. The minimum absolute atomic E-state index is 0.0839. The van der Waals surface area contributed by atoms with Gasteiger partial charge in [-0.3, -0.25) is 9.59 Å². The lowest BCUT2D eigenvalue weighted by Gasteiger charge is -2.18. The molecule has 0 aliphatic heterocycles. The van der Waals surface area contributed by atoms with E-state index < -0.39 is 18.4 Å². The van der Waals surface area contributed by atoms with Gasteiger partial charge in [0.05, 0.1) is 20.8 Å². The molecule has 0 radical (unpaired) electrons. The molecule has 0 fully saturated rings. The van der Waals surface area contributed by atoms with Gasteiger partial charge in [0.15, 0.2) is 11.5 Å². The van der Waals surface area contributed by atoms with Crippen LogP contribution < -0.4 is 9.47 Å². The fraction of sp³-hybridized carbons (Fsp3) is 0.286. The lowest BCUT2D eigenvalue weighted by molar-refractivity contribution is -0.137. The molecule has 1 rings (SSSR count). The monoisotopic (exact) mass is 277 g/mol. The number of carbonyl (C=O) groups excluding carboxylic acids is 1. The molecule has 0 saturated carbocycles. The first-order valence-corrected chi connectivity index (χ1v) is 5.70. The zero-order valence-corrected chi connectivity index (χ0v) is 11.3. The molecule has 0 heterocycles. The molecule has 20 heavy (non-hydrogen) atoms. The van der Waals surface area contributed by atoms with E-state index in [1.54, 1.807) is 6.07 Å². The number of hydrogen-bond acceptors (Lipinski definition) is 4. The van der Waals surface area contributed by atoms with Crippen molar-refractivity contribution in [2.75, 3.05) is 27.3 Å². The second-order valence-electron chi connectivity index (χ2n) is 3.83. The van der Waals surface area contributed by atoms with Crippen LogP contribution in [-0.2, 0) is 4.79 Å². The van der Waals surface area contributed by atoms with E-state index in [1.165, 1.54) is 26.4 Å². The van der Waals surface area contributed by atoms with Gasteiger partial charge in [-0.1, -0.05) is 5.92 Å². The van der Waals surface area contributed by atoms with E-state index >= 15 is 0 Å². The van der Waals surface area contributed by atoms with Crippen molar-refractivity contribution in [1.82, 2.24) is 4.90 Å². The van der Waals surface area contributed by atoms with Gasteiger partial charge < -0.3 is 19.5 Å². The number of rotatable bonds is 6. The Hall–Kier alpha value is -2.68. The number of hydrogen-bond donors (Lipinski definition) is 1. The van der Waals surface area contributed by atoms with Crippen LogP contribution in [0.5, 0.6) is 11.5 Å². The summed E-state index contributed by atoms with van der Waals surface area (Å²) in [4.78, 5) is 24.0. The Morgan fingerprint density at radius 2 is 1.95 bits per heavy atom. The normalized spacial score (nSPS) is 9.45. The van der Waals surface area contributed by atoms with Crippen LogP contribution in [0.15, 0.2) is 18.2 Å². The van der Waals surface area contributed by atoms with Crippen molar-refractivity contribution in [2.24, 2.45) is 0 Å². The largest absolute Gasteiger partial charge is 0.493 e. The molecule has 0 unspecified atom stereocenters. The summed E-state index contributed by atoms with van der Waals surface area (Å²) in [6, 6.07) is 4.57. The number of carbonyl (C=O) groups is 2. The molecule has 1 aromatic rings. The van der Waals surface area contributed by atoms with Crippen LogP contribution in [0.4, 0.5) is 0 Å². The van der Waals surface area contributed by atoms with Crippen molar-refractivity contribution >= 4 is 11.9 Å². The summed E-state index contributed by atoms with van der Waals surface area (Å²) in [5.41, 5.74) is 0.277. The van der Waals surface area contributed by atoms with Crippen LogP contribution in [0.1, 0.15) is 10.4 Å². The molecular formula is C14H15NO5. The molecule has 0 aliphatic carbocycles. The minimum Gasteiger partial charge on any atom is -0.493 e. The standard InChI is InChI=1S/C14H15NO5/c1-4-7-15(9-13(16)17)14(18)10-5-6-11(19-2)12(8-10)20-3/h1,5-6,8H,7,9H2,2-3H3,(H,16,17). The lowest BCUT2D eigenvalue weighted by Crippen LogP contribution is -2.35. The van der Waals surface area contributed by atoms with E-state index in [0.717, 1.165) is 4.90 Å². The average Bonchev–Trinajstić information content (AvgIpc) is 2.44. The number of methoxy groups -OCH3 is 2. The van der Waals surface area contributed by atoms with E-state index in [2.05, 4.69) is 5.92 Å². The van der Waals surface area contributed by atoms with Gasteiger partial charge in [-0.25, -0.2) is 0 Å². The van der Waals surface area contributed by atoms with Gasteiger partial charge in [0, 0.05) is 5.56 Å². The number of benzene rings is 1. The zero-order valence-electron chi connectivity index (χ0n) is 11.3. The maximum Gasteiger partial charge on any atom is 0.323 e. The third kappa shape index (κ3) is 3.65. The molecule has 1 N–H and O–H groups in total. The molecule has 0 aliphatic rings. The Balaban J connectivity index is 3.05. The first-order chi connectivity index (χ1) is 9.53. The highest BCUT2D eigenvalue weighted by Gasteiger charge is 2.19. The Morgan fingerprint density at radius 3 is 2.45 bits per heavy atom. The van der Waals surface area contributed by atoms with Crippen LogP contribution in [0, 0.1) is 12.3 Å². The fourth-order valence-corrected chi connectivity index (χ4v) is 1.62. The predicted molar refractivity (Wildman–Crippen MR) is 71.9 cm³/mol. The quantitative estimate of drug-likeness (QED) is 0.781. The van der Waals surface area contributed by atoms with E-state index in [-0.39, 0.29) is 12.1 Å². The number of terminal acetylenes is 1. The molecule has 0 aromatic heterocycles. The zero-order chi connectivity index (χ0) is 15.1. The molecule has 6 heteroatoms. The van der Waals surface area contributed by atoms with E-state index in [0.29, 0.717) is 11.5 Å². The summed E-state index contributed by atoms with van der Waals surface area (Å²) in [7, 11) is 2.93. The number of carboxylic acid groups (broad SMARTS) is 1. The van der Waals surface area contributed by atoms with Crippen LogP contribution in [0.3, 0.4) is 0 Å². The molecule has 1 aromatic carbocycles. The Morgan fingerprint density at radius 1 is 1.30 bits per heavy atom. The maximum atomic E-state index is 12.2. The predicted octanol–water partition coefficient (Wildman–Crippen LogP) is 0.864. The minimum atomic E-state index is -1.13. The van der Waals surface area contributed by atoms with Crippen LogP contribution >= 0.6 is 0 Å². The summed E-state index contributed by atoms with van der Waals surface area (Å²) in [5, 5.41) is 8.78. The number of ether oxygens (including phenoxy) is 2. The van der Waals surface area contributed by atoms with Crippen molar-refractivity contribution in [3.05, 3.63) is 23.8 Å². The topological polar surface area (TPSA) is 76.1 Å². The van der Waals surface area contributed by atoms with E-state index in [4.69, 9.17) is 21.0 Å². The summed E-state index contributed by atoms with van der Waals surface area (Å²) in [5.74, 6) is 1.51. The third-order valence-electron chi connectivity index (χ3n) is 2.53. The SMILES string of the molecule is C#CCN(CC(=O)O)C(=O)c1ccc(OC)c(OC)c1. The lowest BCUT2D eigenvalue weighted by atomic mass is 10.1. The van der Waals surface area contributed by atoms with Crippen LogP contribution in [-0.4, -0.2) is 49.2 Å². The number of amides is 1. The first kappa shape index (κ1) is 15.4.